The largest absolute Gasteiger partial charge is 0.388 e. The van der Waals surface area contributed by atoms with Crippen molar-refractivity contribution in [2.45, 2.75) is 25.9 Å². The normalized spacial score (nSPS) is 18.6. The minimum atomic E-state index is -0.752. The standard InChI is InChI=1S/C19H21NO2/c1-14-11-16-9-5-6-10-17(16)20(13-14)19(22)12-18(21)15-7-3-2-4-8-15/h2-10,14,18,21H,11-13H2,1H3. The van der Waals surface area contributed by atoms with Crippen molar-refractivity contribution >= 4 is 11.6 Å². The number of hydrogen-bond acceptors (Lipinski definition) is 2. The minimum absolute atomic E-state index is 0.0182. The smallest absolute Gasteiger partial charge is 0.229 e. The monoisotopic (exact) mass is 295 g/mol. The fourth-order valence-electron chi connectivity index (χ4n) is 3.10. The molecule has 2 unspecified atom stereocenters. The molecule has 3 heteroatoms. The first kappa shape index (κ1) is 14.8. The van der Waals surface area contributed by atoms with Crippen LogP contribution < -0.4 is 4.90 Å². The molecule has 1 aliphatic rings. The average Bonchev–Trinajstić information content (AvgIpc) is 2.54. The van der Waals surface area contributed by atoms with Gasteiger partial charge in [-0.05, 0) is 29.5 Å². The van der Waals surface area contributed by atoms with Gasteiger partial charge in [0.25, 0.3) is 0 Å². The van der Waals surface area contributed by atoms with E-state index in [1.54, 1.807) is 0 Å². The van der Waals surface area contributed by atoms with Crippen molar-refractivity contribution in [3.8, 4) is 0 Å². The summed E-state index contributed by atoms with van der Waals surface area (Å²) in [6, 6.07) is 17.4. The molecule has 1 heterocycles. The van der Waals surface area contributed by atoms with Crippen LogP contribution in [0.5, 0.6) is 0 Å². The number of aliphatic hydroxyl groups excluding tert-OH is 1. The van der Waals surface area contributed by atoms with Crippen molar-refractivity contribution in [3.05, 3.63) is 65.7 Å². The highest BCUT2D eigenvalue weighted by Crippen LogP contribution is 2.31. The second-order valence-electron chi connectivity index (χ2n) is 6.07. The van der Waals surface area contributed by atoms with Crippen LogP contribution in [0.15, 0.2) is 54.6 Å². The number of benzene rings is 2. The maximum atomic E-state index is 12.7. The lowest BCUT2D eigenvalue weighted by Gasteiger charge is -2.33. The van der Waals surface area contributed by atoms with E-state index in [9.17, 15) is 9.90 Å². The number of aliphatic hydroxyl groups is 1. The molecular formula is C19H21NO2. The molecule has 3 nitrogen and oxygen atoms in total. The van der Waals surface area contributed by atoms with Gasteiger partial charge >= 0.3 is 0 Å². The molecule has 2 atom stereocenters. The van der Waals surface area contributed by atoms with E-state index in [1.165, 1.54) is 5.56 Å². The third-order valence-electron chi connectivity index (χ3n) is 4.20. The number of para-hydroxylation sites is 1. The quantitative estimate of drug-likeness (QED) is 0.943. The van der Waals surface area contributed by atoms with Gasteiger partial charge in [-0.1, -0.05) is 55.5 Å². The highest BCUT2D eigenvalue weighted by Gasteiger charge is 2.27. The molecule has 0 saturated heterocycles. The van der Waals surface area contributed by atoms with E-state index in [4.69, 9.17) is 0 Å². The van der Waals surface area contributed by atoms with Gasteiger partial charge < -0.3 is 10.0 Å². The van der Waals surface area contributed by atoms with Gasteiger partial charge in [0, 0.05) is 12.2 Å². The molecule has 0 spiro atoms. The number of anilines is 1. The Hall–Kier alpha value is -2.13. The van der Waals surface area contributed by atoms with E-state index in [-0.39, 0.29) is 12.3 Å². The summed E-state index contributed by atoms with van der Waals surface area (Å²) in [4.78, 5) is 14.5. The Bertz CT molecular complexity index is 653. The molecule has 3 rings (SSSR count). The Balaban J connectivity index is 1.78. The van der Waals surface area contributed by atoms with E-state index >= 15 is 0 Å². The van der Waals surface area contributed by atoms with E-state index in [2.05, 4.69) is 13.0 Å². The number of nitrogens with zero attached hydrogens (tertiary/aromatic N) is 1. The summed E-state index contributed by atoms with van der Waals surface area (Å²) < 4.78 is 0. The molecule has 0 aliphatic carbocycles. The van der Waals surface area contributed by atoms with Gasteiger partial charge in [-0.25, -0.2) is 0 Å². The lowest BCUT2D eigenvalue weighted by atomic mass is 9.93. The van der Waals surface area contributed by atoms with Crippen LogP contribution in [-0.2, 0) is 11.2 Å². The second kappa shape index (κ2) is 6.32. The first-order valence-electron chi connectivity index (χ1n) is 7.76. The van der Waals surface area contributed by atoms with E-state index < -0.39 is 6.10 Å². The van der Waals surface area contributed by atoms with Gasteiger partial charge in [-0.3, -0.25) is 4.79 Å². The first-order chi connectivity index (χ1) is 10.6. The summed E-state index contributed by atoms with van der Waals surface area (Å²) in [6.45, 7) is 2.88. The number of carbonyl (C=O) groups is 1. The Morgan fingerprint density at radius 2 is 1.86 bits per heavy atom. The van der Waals surface area contributed by atoms with Crippen LogP contribution in [0, 0.1) is 5.92 Å². The molecule has 114 valence electrons. The summed E-state index contributed by atoms with van der Waals surface area (Å²) in [7, 11) is 0. The molecule has 2 aromatic rings. The topological polar surface area (TPSA) is 40.5 Å². The summed E-state index contributed by atoms with van der Waals surface area (Å²) in [6.07, 6.45) is 0.366. The van der Waals surface area contributed by atoms with Crippen LogP contribution >= 0.6 is 0 Å². The highest BCUT2D eigenvalue weighted by molar-refractivity contribution is 5.95. The Kier molecular flexibility index (Phi) is 4.25. The molecule has 0 aromatic heterocycles. The molecule has 0 bridgehead atoms. The number of amides is 1. The Morgan fingerprint density at radius 1 is 1.18 bits per heavy atom. The van der Waals surface area contributed by atoms with E-state index in [1.807, 2.05) is 53.4 Å². The lowest BCUT2D eigenvalue weighted by Crippen LogP contribution is -2.39. The zero-order valence-electron chi connectivity index (χ0n) is 12.8. The molecule has 0 fully saturated rings. The summed E-state index contributed by atoms with van der Waals surface area (Å²) in [5.74, 6) is 0.420. The zero-order chi connectivity index (χ0) is 15.5. The molecule has 1 aliphatic heterocycles. The predicted octanol–water partition coefficient (Wildman–Crippen LogP) is 3.34. The summed E-state index contributed by atoms with van der Waals surface area (Å²) in [5.41, 5.74) is 2.99. The zero-order valence-corrected chi connectivity index (χ0v) is 12.8. The van der Waals surface area contributed by atoms with E-state index in [0.29, 0.717) is 5.92 Å². The number of carbonyl (C=O) groups excluding carboxylic acids is 1. The van der Waals surface area contributed by atoms with Crippen molar-refractivity contribution in [2.75, 3.05) is 11.4 Å². The SMILES string of the molecule is CC1Cc2ccccc2N(C(=O)CC(O)c2ccccc2)C1. The summed E-state index contributed by atoms with van der Waals surface area (Å²) in [5, 5.41) is 10.3. The maximum absolute atomic E-state index is 12.7. The molecule has 1 N–H and O–H groups in total. The molecular weight excluding hydrogens is 274 g/mol. The fourth-order valence-corrected chi connectivity index (χ4v) is 3.10. The fraction of sp³-hybridized carbons (Fsp3) is 0.316. The molecule has 22 heavy (non-hydrogen) atoms. The van der Waals surface area contributed by atoms with Crippen molar-refractivity contribution < 1.29 is 9.90 Å². The summed E-state index contributed by atoms with van der Waals surface area (Å²) >= 11 is 0. The van der Waals surface area contributed by atoms with Gasteiger partial charge in [0.05, 0.1) is 12.5 Å². The minimum Gasteiger partial charge on any atom is -0.388 e. The van der Waals surface area contributed by atoms with Crippen LogP contribution in [0.4, 0.5) is 5.69 Å². The Morgan fingerprint density at radius 3 is 2.64 bits per heavy atom. The number of hydrogen-bond donors (Lipinski definition) is 1. The van der Waals surface area contributed by atoms with Crippen LogP contribution in [-0.4, -0.2) is 17.6 Å². The van der Waals surface area contributed by atoms with Crippen molar-refractivity contribution in [1.82, 2.24) is 0 Å². The van der Waals surface area contributed by atoms with Gasteiger partial charge in [-0.15, -0.1) is 0 Å². The van der Waals surface area contributed by atoms with Crippen molar-refractivity contribution in [1.29, 1.82) is 0 Å². The van der Waals surface area contributed by atoms with Crippen molar-refractivity contribution in [2.24, 2.45) is 5.92 Å². The molecule has 0 saturated carbocycles. The third-order valence-corrected chi connectivity index (χ3v) is 4.20. The lowest BCUT2D eigenvalue weighted by molar-refractivity contribution is -0.120. The van der Waals surface area contributed by atoms with Crippen LogP contribution in [0.1, 0.15) is 30.6 Å². The van der Waals surface area contributed by atoms with Gasteiger partial charge in [0.2, 0.25) is 5.91 Å². The molecule has 0 radical (unpaired) electrons. The van der Waals surface area contributed by atoms with Gasteiger partial charge in [-0.2, -0.15) is 0 Å². The van der Waals surface area contributed by atoms with Crippen molar-refractivity contribution in [3.63, 3.8) is 0 Å². The van der Waals surface area contributed by atoms with Crippen LogP contribution in [0.3, 0.4) is 0 Å². The van der Waals surface area contributed by atoms with Gasteiger partial charge in [0.1, 0.15) is 0 Å². The first-order valence-corrected chi connectivity index (χ1v) is 7.76. The molecule has 1 amide bonds. The van der Waals surface area contributed by atoms with Gasteiger partial charge in [0.15, 0.2) is 0 Å². The second-order valence-corrected chi connectivity index (χ2v) is 6.07. The van der Waals surface area contributed by atoms with Crippen LogP contribution in [0.2, 0.25) is 0 Å². The number of fused-ring (bicyclic) bond motifs is 1. The highest BCUT2D eigenvalue weighted by atomic mass is 16.3. The predicted molar refractivity (Wildman–Crippen MR) is 87.7 cm³/mol. The third kappa shape index (κ3) is 3.04. The molecule has 2 aromatic carbocycles. The van der Waals surface area contributed by atoms with Crippen LogP contribution in [0.25, 0.3) is 0 Å². The Labute approximate surface area is 131 Å². The number of rotatable bonds is 3. The maximum Gasteiger partial charge on any atom is 0.229 e. The average molecular weight is 295 g/mol. The van der Waals surface area contributed by atoms with E-state index in [0.717, 1.165) is 24.2 Å².